The molecule has 0 saturated heterocycles. The highest BCUT2D eigenvalue weighted by Crippen LogP contribution is 2.56. The molecule has 2 aliphatic rings. The van der Waals surface area contributed by atoms with Gasteiger partial charge < -0.3 is 9.47 Å². The van der Waals surface area contributed by atoms with Crippen LogP contribution in [0, 0.1) is 0 Å². The molecular weight excluding hydrogens is 627 g/mol. The van der Waals surface area contributed by atoms with E-state index in [0.717, 1.165) is 33.2 Å². The first-order chi connectivity index (χ1) is 25.0. The maximum Gasteiger partial charge on any atom is 0.177 e. The predicted octanol–water partition coefficient (Wildman–Crippen LogP) is 11.9. The first-order valence-corrected chi connectivity index (χ1v) is 17.2. The van der Waals surface area contributed by atoms with Crippen LogP contribution in [-0.2, 0) is 5.41 Å². The molecule has 0 amide bonds. The second-order valence-corrected chi connectivity index (χ2v) is 13.6. The molecule has 10 rings (SSSR count). The average Bonchev–Trinajstić information content (AvgIpc) is 3.41. The third kappa shape index (κ3) is 4.73. The van der Waals surface area contributed by atoms with E-state index in [1.54, 1.807) is 0 Å². The summed E-state index contributed by atoms with van der Waals surface area (Å²) >= 11 is 0. The molecule has 242 valence electrons. The van der Waals surface area contributed by atoms with Crippen molar-refractivity contribution in [2.45, 2.75) is 19.3 Å². The highest BCUT2D eigenvalue weighted by Gasteiger charge is 2.37. The number of fused-ring (bicyclic) bond motifs is 6. The summed E-state index contributed by atoms with van der Waals surface area (Å²) < 4.78 is 13.4. The van der Waals surface area contributed by atoms with Crippen LogP contribution in [0.25, 0.3) is 67.2 Å². The second-order valence-electron chi connectivity index (χ2n) is 13.6. The van der Waals surface area contributed by atoms with Gasteiger partial charge in [0.2, 0.25) is 0 Å². The van der Waals surface area contributed by atoms with Gasteiger partial charge in [0.05, 0.1) is 0 Å². The SMILES string of the molecule is CC1(C)c2ccccc2-c2cc3c(cc21)Oc1c(cccc1-c1ccccc1-c1nc(-c2ccccc2)nc(-c2ccc4ccccc4c2)n1)O3. The summed E-state index contributed by atoms with van der Waals surface area (Å²) in [5.41, 5.74) is 9.36. The van der Waals surface area contributed by atoms with Gasteiger partial charge in [0.25, 0.3) is 0 Å². The van der Waals surface area contributed by atoms with Crippen molar-refractivity contribution in [3.8, 4) is 79.4 Å². The molecule has 0 unspecified atom stereocenters. The lowest BCUT2D eigenvalue weighted by atomic mass is 9.82. The lowest BCUT2D eigenvalue weighted by Gasteiger charge is -2.26. The molecule has 0 fully saturated rings. The van der Waals surface area contributed by atoms with Gasteiger partial charge in [-0.2, -0.15) is 0 Å². The van der Waals surface area contributed by atoms with Crippen LogP contribution in [0.1, 0.15) is 25.0 Å². The molecule has 7 aromatic carbocycles. The molecule has 1 aromatic heterocycles. The lowest BCUT2D eigenvalue weighted by molar-refractivity contribution is 0.360. The predicted molar refractivity (Wildman–Crippen MR) is 203 cm³/mol. The Morgan fingerprint density at radius 3 is 1.88 bits per heavy atom. The summed E-state index contributed by atoms with van der Waals surface area (Å²) in [6.45, 7) is 4.54. The molecule has 2 heterocycles. The van der Waals surface area contributed by atoms with Crippen LogP contribution in [0.5, 0.6) is 23.0 Å². The van der Waals surface area contributed by atoms with Crippen LogP contribution in [0.15, 0.2) is 152 Å². The van der Waals surface area contributed by atoms with Crippen LogP contribution in [-0.4, -0.2) is 15.0 Å². The average molecular weight is 658 g/mol. The fourth-order valence-corrected chi connectivity index (χ4v) is 7.59. The van der Waals surface area contributed by atoms with Gasteiger partial charge in [-0.1, -0.05) is 141 Å². The van der Waals surface area contributed by atoms with E-state index in [1.807, 2.05) is 54.6 Å². The Balaban J connectivity index is 1.11. The monoisotopic (exact) mass is 657 g/mol. The van der Waals surface area contributed by atoms with Gasteiger partial charge in [-0.25, -0.2) is 15.0 Å². The largest absolute Gasteiger partial charge is 0.449 e. The third-order valence-corrected chi connectivity index (χ3v) is 10.2. The molecule has 0 atom stereocenters. The van der Waals surface area contributed by atoms with Crippen molar-refractivity contribution < 1.29 is 9.47 Å². The number of ether oxygens (including phenoxy) is 2. The molecule has 8 aromatic rings. The zero-order valence-corrected chi connectivity index (χ0v) is 28.1. The van der Waals surface area contributed by atoms with E-state index in [4.69, 9.17) is 24.4 Å². The van der Waals surface area contributed by atoms with Crippen molar-refractivity contribution in [3.63, 3.8) is 0 Å². The molecule has 1 aliphatic heterocycles. The Morgan fingerprint density at radius 1 is 0.392 bits per heavy atom. The van der Waals surface area contributed by atoms with E-state index < -0.39 is 0 Å². The van der Waals surface area contributed by atoms with E-state index in [2.05, 4.69) is 111 Å². The third-order valence-electron chi connectivity index (χ3n) is 10.2. The van der Waals surface area contributed by atoms with Crippen molar-refractivity contribution in [2.75, 3.05) is 0 Å². The summed E-state index contributed by atoms with van der Waals surface area (Å²) in [5.74, 6) is 4.55. The van der Waals surface area contributed by atoms with Crippen molar-refractivity contribution in [1.29, 1.82) is 0 Å². The van der Waals surface area contributed by atoms with Crippen LogP contribution in [0.4, 0.5) is 0 Å². The minimum absolute atomic E-state index is 0.158. The second kappa shape index (κ2) is 11.2. The maximum atomic E-state index is 6.82. The van der Waals surface area contributed by atoms with Crippen molar-refractivity contribution in [2.24, 2.45) is 0 Å². The Labute approximate surface area is 295 Å². The van der Waals surface area contributed by atoms with E-state index in [0.29, 0.717) is 40.5 Å². The van der Waals surface area contributed by atoms with Crippen LogP contribution in [0.3, 0.4) is 0 Å². The van der Waals surface area contributed by atoms with Crippen molar-refractivity contribution in [1.82, 2.24) is 15.0 Å². The fraction of sp³-hybridized carbons (Fsp3) is 0.0652. The van der Waals surface area contributed by atoms with Crippen molar-refractivity contribution in [3.05, 3.63) is 163 Å². The minimum atomic E-state index is -0.158. The summed E-state index contributed by atoms with van der Waals surface area (Å²) in [6, 6.07) is 51.9. The van der Waals surface area contributed by atoms with Gasteiger partial charge in [0.15, 0.2) is 40.5 Å². The molecule has 0 N–H and O–H groups in total. The summed E-state index contributed by atoms with van der Waals surface area (Å²) in [5, 5.41) is 2.30. The number of nitrogens with zero attached hydrogens (tertiary/aromatic N) is 3. The maximum absolute atomic E-state index is 6.82. The van der Waals surface area contributed by atoms with Crippen LogP contribution < -0.4 is 9.47 Å². The molecule has 5 nitrogen and oxygen atoms in total. The highest BCUT2D eigenvalue weighted by atomic mass is 16.6. The van der Waals surface area contributed by atoms with Gasteiger partial charge in [0.1, 0.15) is 0 Å². The number of hydrogen-bond acceptors (Lipinski definition) is 5. The quantitative estimate of drug-likeness (QED) is 0.188. The van der Waals surface area contributed by atoms with E-state index in [1.165, 1.54) is 27.6 Å². The standard InChI is InChI=1S/C46H31N3O2/c1-46(2)37-21-11-10-18-33(37)36-26-40-41(27-38(36)46)51-42-34(20-12-22-39(42)50-40)32-17-8-9-19-35(32)45-48-43(29-14-4-3-5-15-29)47-44(49-45)31-24-23-28-13-6-7-16-30(28)25-31/h3-27H,1-2H3. The number of hydrogen-bond donors (Lipinski definition) is 0. The zero-order chi connectivity index (χ0) is 34.1. The van der Waals surface area contributed by atoms with E-state index >= 15 is 0 Å². The van der Waals surface area contributed by atoms with Crippen molar-refractivity contribution >= 4 is 10.8 Å². The summed E-state index contributed by atoms with van der Waals surface area (Å²) in [4.78, 5) is 15.2. The summed E-state index contributed by atoms with van der Waals surface area (Å²) in [7, 11) is 0. The van der Waals surface area contributed by atoms with Crippen LogP contribution in [0.2, 0.25) is 0 Å². The molecule has 0 saturated carbocycles. The molecule has 0 spiro atoms. The lowest BCUT2D eigenvalue weighted by Crippen LogP contribution is -2.15. The zero-order valence-electron chi connectivity index (χ0n) is 28.1. The Kier molecular flexibility index (Phi) is 6.46. The Bertz CT molecular complexity index is 2680. The van der Waals surface area contributed by atoms with Gasteiger partial charge in [-0.3, -0.25) is 0 Å². The van der Waals surface area contributed by atoms with Crippen LogP contribution >= 0.6 is 0 Å². The van der Waals surface area contributed by atoms with Gasteiger partial charge >= 0.3 is 0 Å². The number of benzene rings is 7. The normalized spacial score (nSPS) is 13.4. The van der Waals surface area contributed by atoms with E-state index in [-0.39, 0.29) is 5.41 Å². The van der Waals surface area contributed by atoms with E-state index in [9.17, 15) is 0 Å². The number of aromatic nitrogens is 3. The first-order valence-electron chi connectivity index (χ1n) is 17.2. The Morgan fingerprint density at radius 2 is 1.04 bits per heavy atom. The smallest absolute Gasteiger partial charge is 0.177 e. The molecule has 1 aliphatic carbocycles. The molecule has 5 heteroatoms. The molecule has 51 heavy (non-hydrogen) atoms. The molecule has 0 bridgehead atoms. The molecule has 0 radical (unpaired) electrons. The first kappa shape index (κ1) is 29.3. The van der Waals surface area contributed by atoms with Gasteiger partial charge in [-0.15, -0.1) is 0 Å². The molecular formula is C46H31N3O2. The topological polar surface area (TPSA) is 57.1 Å². The van der Waals surface area contributed by atoms with Gasteiger partial charge in [-0.05, 0) is 62.9 Å². The highest BCUT2D eigenvalue weighted by molar-refractivity contribution is 5.89. The number of para-hydroxylation sites is 1. The Hall–Kier alpha value is -6.59. The summed E-state index contributed by atoms with van der Waals surface area (Å²) in [6.07, 6.45) is 0. The number of rotatable bonds is 4. The minimum Gasteiger partial charge on any atom is -0.449 e. The fourth-order valence-electron chi connectivity index (χ4n) is 7.59. The van der Waals surface area contributed by atoms with Gasteiger partial charge in [0, 0.05) is 27.7 Å².